The van der Waals surface area contributed by atoms with E-state index in [-0.39, 0.29) is 18.5 Å². The van der Waals surface area contributed by atoms with Crippen LogP contribution in [0.3, 0.4) is 0 Å². The molecule has 0 spiro atoms. The first-order valence-electron chi connectivity index (χ1n) is 6.89. The Kier molecular flexibility index (Phi) is 6.93. The third-order valence-electron chi connectivity index (χ3n) is 3.36. The Hall–Kier alpha value is -2.88. The lowest BCUT2D eigenvalue weighted by Gasteiger charge is -2.44. The minimum Gasteiger partial charge on any atom is -0.473 e. The number of rotatable bonds is 5. The third kappa shape index (κ3) is 5.09. The van der Waals surface area contributed by atoms with Crippen molar-refractivity contribution in [2.45, 2.75) is 24.9 Å². The quantitative estimate of drug-likeness (QED) is 0.349. The van der Waals surface area contributed by atoms with Crippen molar-refractivity contribution < 1.29 is 38.5 Å². The standard InChI is InChI=1S/C12H16N2O4.C2H2O4/c1-17-10(15)7-14-9(11(13)12(14)16)5-4-8-3-2-6-18-8;3-1(4)2(5)6/h2-3,6,9,11H,4-5,7,13H2,1H3;(H,3,4)(H,5,6). The molecule has 24 heavy (non-hydrogen) atoms. The first-order valence-corrected chi connectivity index (χ1v) is 6.89. The van der Waals surface area contributed by atoms with Crippen molar-refractivity contribution in [3.05, 3.63) is 24.2 Å². The first kappa shape index (κ1) is 19.2. The van der Waals surface area contributed by atoms with Gasteiger partial charge in [-0.2, -0.15) is 0 Å². The highest BCUT2D eigenvalue weighted by Crippen LogP contribution is 2.23. The maximum Gasteiger partial charge on any atom is 0.414 e. The van der Waals surface area contributed by atoms with Gasteiger partial charge in [0.15, 0.2) is 0 Å². The molecule has 1 saturated heterocycles. The molecule has 2 atom stereocenters. The van der Waals surface area contributed by atoms with Gasteiger partial charge in [0.2, 0.25) is 5.91 Å². The molecule has 0 radical (unpaired) electrons. The molecule has 132 valence electrons. The monoisotopic (exact) mass is 342 g/mol. The van der Waals surface area contributed by atoms with Crippen LogP contribution < -0.4 is 5.73 Å². The summed E-state index contributed by atoms with van der Waals surface area (Å²) in [4.78, 5) is 42.4. The van der Waals surface area contributed by atoms with Gasteiger partial charge >= 0.3 is 17.9 Å². The molecule has 0 saturated carbocycles. The van der Waals surface area contributed by atoms with Crippen LogP contribution in [0.4, 0.5) is 0 Å². The summed E-state index contributed by atoms with van der Waals surface area (Å²) in [6.45, 7) is -0.0359. The van der Waals surface area contributed by atoms with Crippen LogP contribution in [0.2, 0.25) is 0 Å². The van der Waals surface area contributed by atoms with E-state index >= 15 is 0 Å². The number of methoxy groups -OCH3 is 1. The normalized spacial score (nSPS) is 18.9. The van der Waals surface area contributed by atoms with E-state index in [0.717, 1.165) is 5.76 Å². The number of nitrogens with two attached hydrogens (primary N) is 1. The van der Waals surface area contributed by atoms with E-state index in [1.165, 1.54) is 12.0 Å². The van der Waals surface area contributed by atoms with Crippen LogP contribution in [-0.4, -0.2) is 64.7 Å². The number of ether oxygens (including phenoxy) is 1. The Morgan fingerprint density at radius 3 is 2.42 bits per heavy atom. The number of aliphatic carboxylic acids is 2. The van der Waals surface area contributed by atoms with E-state index in [0.29, 0.717) is 12.8 Å². The molecule has 10 nitrogen and oxygen atoms in total. The SMILES string of the molecule is COC(=O)CN1C(=O)C(N)C1CCc1ccco1.O=C(O)C(=O)O. The summed E-state index contributed by atoms with van der Waals surface area (Å²) in [5.74, 6) is -3.44. The zero-order valence-corrected chi connectivity index (χ0v) is 12.9. The Labute approximate surface area is 136 Å². The lowest BCUT2D eigenvalue weighted by atomic mass is 9.91. The van der Waals surface area contributed by atoms with Gasteiger partial charge < -0.3 is 30.0 Å². The Morgan fingerprint density at radius 1 is 1.33 bits per heavy atom. The second kappa shape index (κ2) is 8.67. The van der Waals surface area contributed by atoms with Crippen molar-refractivity contribution in [2.24, 2.45) is 5.73 Å². The second-order valence-electron chi connectivity index (χ2n) is 4.86. The number of amides is 1. The molecule has 1 fully saturated rings. The van der Waals surface area contributed by atoms with E-state index in [1.54, 1.807) is 6.26 Å². The lowest BCUT2D eigenvalue weighted by molar-refractivity contribution is -0.159. The number of nitrogens with zero attached hydrogens (tertiary/aromatic N) is 1. The summed E-state index contributed by atoms with van der Waals surface area (Å²) < 4.78 is 9.76. The van der Waals surface area contributed by atoms with Crippen LogP contribution in [0.25, 0.3) is 0 Å². The summed E-state index contributed by atoms with van der Waals surface area (Å²) in [7, 11) is 1.30. The highest BCUT2D eigenvalue weighted by Gasteiger charge is 2.45. The molecule has 2 rings (SSSR count). The van der Waals surface area contributed by atoms with E-state index < -0.39 is 23.9 Å². The fourth-order valence-corrected chi connectivity index (χ4v) is 2.11. The Bertz CT molecular complexity index is 586. The van der Waals surface area contributed by atoms with Gasteiger partial charge in [-0.1, -0.05) is 0 Å². The van der Waals surface area contributed by atoms with Crippen molar-refractivity contribution in [3.63, 3.8) is 0 Å². The summed E-state index contributed by atoms with van der Waals surface area (Å²) in [6.07, 6.45) is 2.97. The second-order valence-corrected chi connectivity index (χ2v) is 4.86. The largest absolute Gasteiger partial charge is 0.473 e. The van der Waals surface area contributed by atoms with Crippen LogP contribution in [0.1, 0.15) is 12.2 Å². The van der Waals surface area contributed by atoms with Gasteiger partial charge in [-0.05, 0) is 18.6 Å². The average molecular weight is 342 g/mol. The maximum atomic E-state index is 11.6. The van der Waals surface area contributed by atoms with E-state index in [4.69, 9.17) is 30.0 Å². The zero-order chi connectivity index (χ0) is 18.3. The predicted molar refractivity (Wildman–Crippen MR) is 77.8 cm³/mol. The topological polar surface area (TPSA) is 160 Å². The van der Waals surface area contributed by atoms with Crippen LogP contribution in [0.15, 0.2) is 22.8 Å². The number of aryl methyl sites for hydroxylation is 1. The summed E-state index contributed by atoms with van der Waals surface area (Å²) in [5, 5.41) is 14.8. The number of hydrogen-bond acceptors (Lipinski definition) is 7. The van der Waals surface area contributed by atoms with Gasteiger partial charge in [0.1, 0.15) is 18.3 Å². The molecule has 1 amide bonds. The minimum atomic E-state index is -1.82. The molecule has 10 heteroatoms. The molecule has 0 aromatic carbocycles. The highest BCUT2D eigenvalue weighted by molar-refractivity contribution is 6.27. The van der Waals surface area contributed by atoms with Crippen LogP contribution in [-0.2, 0) is 30.3 Å². The molecule has 4 N–H and O–H groups in total. The predicted octanol–water partition coefficient (Wildman–Crippen LogP) is -0.921. The molecule has 0 aliphatic carbocycles. The van der Waals surface area contributed by atoms with Crippen LogP contribution >= 0.6 is 0 Å². The summed E-state index contributed by atoms with van der Waals surface area (Å²) in [5.41, 5.74) is 5.74. The first-order chi connectivity index (χ1) is 11.3. The zero-order valence-electron chi connectivity index (χ0n) is 12.9. The third-order valence-corrected chi connectivity index (χ3v) is 3.36. The van der Waals surface area contributed by atoms with Gasteiger partial charge in [0.25, 0.3) is 0 Å². The molecule has 0 bridgehead atoms. The molecule has 2 heterocycles. The van der Waals surface area contributed by atoms with Crippen molar-refractivity contribution in [1.82, 2.24) is 4.90 Å². The van der Waals surface area contributed by atoms with Crippen molar-refractivity contribution in [2.75, 3.05) is 13.7 Å². The van der Waals surface area contributed by atoms with E-state index in [2.05, 4.69) is 4.74 Å². The minimum absolute atomic E-state index is 0.0359. The van der Waals surface area contributed by atoms with Gasteiger partial charge in [-0.15, -0.1) is 0 Å². The smallest absolute Gasteiger partial charge is 0.414 e. The summed E-state index contributed by atoms with van der Waals surface area (Å²) in [6, 6.07) is 3.04. The lowest BCUT2D eigenvalue weighted by Crippen LogP contribution is -2.69. The molecule has 1 aromatic heterocycles. The average Bonchev–Trinajstić information content (AvgIpc) is 3.07. The number of likely N-dealkylation sites (tertiary alicyclic amines) is 1. The number of β-lactam (4-membered cyclic amide) rings is 1. The number of esters is 1. The molecule has 1 aromatic rings. The maximum absolute atomic E-state index is 11.6. The van der Waals surface area contributed by atoms with E-state index in [9.17, 15) is 9.59 Å². The Balaban J connectivity index is 0.000000413. The fraction of sp³-hybridized carbons (Fsp3) is 0.429. The Morgan fingerprint density at radius 2 is 1.96 bits per heavy atom. The number of furan rings is 1. The molecule has 1 aliphatic rings. The van der Waals surface area contributed by atoms with Gasteiger partial charge in [0, 0.05) is 6.42 Å². The molecular weight excluding hydrogens is 324 g/mol. The van der Waals surface area contributed by atoms with Gasteiger partial charge in [-0.3, -0.25) is 9.59 Å². The van der Waals surface area contributed by atoms with Gasteiger partial charge in [-0.25, -0.2) is 9.59 Å². The molecule has 1 aliphatic heterocycles. The number of hydrogen-bond donors (Lipinski definition) is 3. The number of carboxylic acid groups (broad SMARTS) is 2. The molecular formula is C14H18N2O8. The number of carbonyl (C=O) groups excluding carboxylic acids is 2. The number of carbonyl (C=O) groups is 4. The van der Waals surface area contributed by atoms with Gasteiger partial charge in [0.05, 0.1) is 19.4 Å². The van der Waals surface area contributed by atoms with Crippen molar-refractivity contribution >= 4 is 23.8 Å². The van der Waals surface area contributed by atoms with E-state index in [1.807, 2.05) is 12.1 Å². The van der Waals surface area contributed by atoms with Crippen molar-refractivity contribution in [3.8, 4) is 0 Å². The molecule has 2 unspecified atom stereocenters. The van der Waals surface area contributed by atoms with Crippen molar-refractivity contribution in [1.29, 1.82) is 0 Å². The van der Waals surface area contributed by atoms with Crippen LogP contribution in [0, 0.1) is 0 Å². The number of carboxylic acids is 2. The highest BCUT2D eigenvalue weighted by atomic mass is 16.5. The fourth-order valence-electron chi connectivity index (χ4n) is 2.11. The summed E-state index contributed by atoms with van der Waals surface area (Å²) >= 11 is 0. The van der Waals surface area contributed by atoms with Crippen LogP contribution in [0.5, 0.6) is 0 Å².